The lowest BCUT2D eigenvalue weighted by molar-refractivity contribution is -0.154. The molecule has 2 N–H and O–H groups in total. The second kappa shape index (κ2) is 4.81. The third-order valence-corrected chi connectivity index (χ3v) is 4.30. The van der Waals surface area contributed by atoms with Gasteiger partial charge in [-0.25, -0.2) is 0 Å². The molecule has 0 aromatic heterocycles. The monoisotopic (exact) mass is 275 g/mol. The van der Waals surface area contributed by atoms with Gasteiger partial charge in [0.2, 0.25) is 0 Å². The van der Waals surface area contributed by atoms with Crippen molar-refractivity contribution in [1.29, 1.82) is 0 Å². The standard InChI is InChI=1S/C15H17NO4/c17-13(16-9-15(14(18)19)6-3-7-15)12-8-10-4-1-2-5-11(10)20-12/h1-2,4-5,12H,3,6-9H2,(H,16,17)(H,18,19). The number of carbonyl (C=O) groups excluding carboxylic acids is 1. The molecule has 1 amide bonds. The normalized spacial score (nSPS) is 22.3. The molecule has 1 saturated carbocycles. The van der Waals surface area contributed by atoms with Crippen molar-refractivity contribution in [2.24, 2.45) is 5.41 Å². The predicted molar refractivity (Wildman–Crippen MR) is 71.5 cm³/mol. The average Bonchev–Trinajstić information content (AvgIpc) is 2.80. The fourth-order valence-corrected chi connectivity index (χ4v) is 2.77. The van der Waals surface area contributed by atoms with Crippen molar-refractivity contribution in [1.82, 2.24) is 5.32 Å². The fourth-order valence-electron chi connectivity index (χ4n) is 2.77. The molecule has 20 heavy (non-hydrogen) atoms. The van der Waals surface area contributed by atoms with Crippen LogP contribution >= 0.6 is 0 Å². The highest BCUT2D eigenvalue weighted by molar-refractivity contribution is 5.84. The highest BCUT2D eigenvalue weighted by Gasteiger charge is 2.45. The van der Waals surface area contributed by atoms with Gasteiger partial charge in [-0.15, -0.1) is 0 Å². The lowest BCUT2D eigenvalue weighted by atomic mass is 9.69. The molecule has 1 aliphatic heterocycles. The van der Waals surface area contributed by atoms with Crippen molar-refractivity contribution in [2.45, 2.75) is 31.8 Å². The molecule has 1 aliphatic carbocycles. The molecule has 1 aromatic carbocycles. The van der Waals surface area contributed by atoms with Gasteiger partial charge in [-0.1, -0.05) is 24.6 Å². The first-order valence-electron chi connectivity index (χ1n) is 6.86. The van der Waals surface area contributed by atoms with Crippen LogP contribution in [0.4, 0.5) is 0 Å². The molecule has 0 bridgehead atoms. The minimum absolute atomic E-state index is 0.192. The summed E-state index contributed by atoms with van der Waals surface area (Å²) in [7, 11) is 0. The highest BCUT2D eigenvalue weighted by atomic mass is 16.5. The van der Waals surface area contributed by atoms with Gasteiger partial charge in [0.05, 0.1) is 5.41 Å². The summed E-state index contributed by atoms with van der Waals surface area (Å²) in [5.41, 5.74) is 0.255. The van der Waals surface area contributed by atoms with Crippen LogP contribution < -0.4 is 10.1 Å². The Balaban J connectivity index is 1.58. The molecule has 2 aliphatic rings. The Labute approximate surface area is 116 Å². The zero-order chi connectivity index (χ0) is 14.2. The molecule has 5 heteroatoms. The number of ether oxygens (including phenoxy) is 1. The van der Waals surface area contributed by atoms with Gasteiger partial charge in [0.25, 0.3) is 5.91 Å². The van der Waals surface area contributed by atoms with Crippen molar-refractivity contribution in [3.8, 4) is 5.75 Å². The largest absolute Gasteiger partial charge is 0.481 e. The number of nitrogens with one attached hydrogen (secondary N) is 1. The second-order valence-electron chi connectivity index (χ2n) is 5.58. The Morgan fingerprint density at radius 3 is 2.70 bits per heavy atom. The Morgan fingerprint density at radius 1 is 1.35 bits per heavy atom. The summed E-state index contributed by atoms with van der Waals surface area (Å²) in [6, 6.07) is 7.56. The minimum atomic E-state index is -0.820. The van der Waals surface area contributed by atoms with Gasteiger partial charge in [-0.05, 0) is 24.5 Å². The van der Waals surface area contributed by atoms with E-state index in [1.54, 1.807) is 0 Å². The molecule has 0 radical (unpaired) electrons. The van der Waals surface area contributed by atoms with Gasteiger partial charge in [0.1, 0.15) is 5.75 Å². The Kier molecular flexibility index (Phi) is 3.12. The number of aliphatic carboxylic acids is 1. The molecular formula is C15H17NO4. The number of para-hydroxylation sites is 1. The van der Waals surface area contributed by atoms with Crippen LogP contribution in [0, 0.1) is 5.41 Å². The van der Waals surface area contributed by atoms with Gasteiger partial charge in [0.15, 0.2) is 6.10 Å². The number of hydrogen-bond acceptors (Lipinski definition) is 3. The topological polar surface area (TPSA) is 75.6 Å². The molecule has 106 valence electrons. The van der Waals surface area contributed by atoms with E-state index in [0.29, 0.717) is 19.3 Å². The molecule has 0 saturated heterocycles. The van der Waals surface area contributed by atoms with E-state index >= 15 is 0 Å². The number of carboxylic acids is 1. The van der Waals surface area contributed by atoms with Crippen LogP contribution in [0.3, 0.4) is 0 Å². The third kappa shape index (κ3) is 2.13. The number of fused-ring (bicyclic) bond motifs is 1. The second-order valence-corrected chi connectivity index (χ2v) is 5.58. The van der Waals surface area contributed by atoms with E-state index in [1.165, 1.54) is 0 Å². The maximum absolute atomic E-state index is 12.1. The number of hydrogen-bond donors (Lipinski definition) is 2. The Morgan fingerprint density at radius 2 is 2.10 bits per heavy atom. The van der Waals surface area contributed by atoms with Crippen LogP contribution in [-0.4, -0.2) is 29.6 Å². The van der Waals surface area contributed by atoms with Gasteiger partial charge >= 0.3 is 5.97 Å². The summed E-state index contributed by atoms with van der Waals surface area (Å²) >= 11 is 0. The van der Waals surface area contributed by atoms with Crippen molar-refractivity contribution in [3.05, 3.63) is 29.8 Å². The van der Waals surface area contributed by atoms with E-state index in [9.17, 15) is 14.7 Å². The van der Waals surface area contributed by atoms with E-state index < -0.39 is 17.5 Å². The number of carbonyl (C=O) groups is 2. The van der Waals surface area contributed by atoms with E-state index in [0.717, 1.165) is 17.7 Å². The first-order chi connectivity index (χ1) is 9.61. The summed E-state index contributed by atoms with van der Waals surface area (Å²) in [5.74, 6) is -0.308. The number of benzene rings is 1. The zero-order valence-electron chi connectivity index (χ0n) is 11.1. The maximum Gasteiger partial charge on any atom is 0.311 e. The highest BCUT2D eigenvalue weighted by Crippen LogP contribution is 2.40. The number of rotatable bonds is 4. The molecule has 1 atom stereocenters. The van der Waals surface area contributed by atoms with Crippen LogP contribution in [0.15, 0.2) is 24.3 Å². The summed E-state index contributed by atoms with van der Waals surface area (Å²) in [5, 5.41) is 12.0. The van der Waals surface area contributed by atoms with Crippen LogP contribution in [0.1, 0.15) is 24.8 Å². The summed E-state index contributed by atoms with van der Waals surface area (Å²) in [4.78, 5) is 23.3. The molecule has 1 fully saturated rings. The minimum Gasteiger partial charge on any atom is -0.481 e. The first kappa shape index (κ1) is 13.0. The smallest absolute Gasteiger partial charge is 0.311 e. The van der Waals surface area contributed by atoms with E-state index in [1.807, 2.05) is 24.3 Å². The van der Waals surface area contributed by atoms with Crippen LogP contribution in [0.5, 0.6) is 5.75 Å². The van der Waals surface area contributed by atoms with Crippen molar-refractivity contribution < 1.29 is 19.4 Å². The molecular weight excluding hydrogens is 258 g/mol. The number of carboxylic acid groups (broad SMARTS) is 1. The van der Waals surface area contributed by atoms with Gasteiger partial charge in [0, 0.05) is 13.0 Å². The lowest BCUT2D eigenvalue weighted by Crippen LogP contribution is -2.50. The third-order valence-electron chi connectivity index (χ3n) is 4.30. The maximum atomic E-state index is 12.1. The summed E-state index contributed by atoms with van der Waals surface area (Å²) < 4.78 is 5.59. The van der Waals surface area contributed by atoms with Gasteiger partial charge < -0.3 is 15.2 Å². The predicted octanol–water partition coefficient (Wildman–Crippen LogP) is 1.36. The summed E-state index contributed by atoms with van der Waals surface area (Å²) in [6.07, 6.45) is 2.18. The van der Waals surface area contributed by atoms with Gasteiger partial charge in [-0.3, -0.25) is 9.59 Å². The van der Waals surface area contributed by atoms with Crippen LogP contribution in [0.25, 0.3) is 0 Å². The molecule has 0 spiro atoms. The Bertz CT molecular complexity index is 526. The molecule has 3 rings (SSSR count). The van der Waals surface area contributed by atoms with Crippen molar-refractivity contribution >= 4 is 11.9 Å². The Hall–Kier alpha value is -2.04. The SMILES string of the molecule is O=C(NCC1(C(=O)O)CCC1)C1Cc2ccccc2O1. The van der Waals surface area contributed by atoms with E-state index in [2.05, 4.69) is 5.32 Å². The van der Waals surface area contributed by atoms with Crippen molar-refractivity contribution in [3.63, 3.8) is 0 Å². The number of amides is 1. The summed E-state index contributed by atoms with van der Waals surface area (Å²) in [6.45, 7) is 0.192. The van der Waals surface area contributed by atoms with E-state index in [-0.39, 0.29) is 12.5 Å². The van der Waals surface area contributed by atoms with Crippen molar-refractivity contribution in [2.75, 3.05) is 6.54 Å². The lowest BCUT2D eigenvalue weighted by Gasteiger charge is -2.37. The average molecular weight is 275 g/mol. The molecule has 1 aromatic rings. The van der Waals surface area contributed by atoms with Crippen LogP contribution in [0.2, 0.25) is 0 Å². The zero-order valence-corrected chi connectivity index (χ0v) is 11.1. The van der Waals surface area contributed by atoms with Gasteiger partial charge in [-0.2, -0.15) is 0 Å². The van der Waals surface area contributed by atoms with Crippen LogP contribution in [-0.2, 0) is 16.0 Å². The van der Waals surface area contributed by atoms with E-state index in [4.69, 9.17) is 4.74 Å². The quantitative estimate of drug-likeness (QED) is 0.870. The molecule has 1 heterocycles. The first-order valence-corrected chi connectivity index (χ1v) is 6.86. The molecule has 5 nitrogen and oxygen atoms in total. The fraction of sp³-hybridized carbons (Fsp3) is 0.467. The molecule has 1 unspecified atom stereocenters.